The van der Waals surface area contributed by atoms with Gasteiger partial charge in [0.1, 0.15) is 0 Å². The molecule has 0 aromatic carbocycles. The maximum atomic E-state index is 12.3. The number of carboxylic acids is 1. The molecule has 6 nitrogen and oxygen atoms in total. The van der Waals surface area contributed by atoms with Crippen LogP contribution >= 0.6 is 0 Å². The summed E-state index contributed by atoms with van der Waals surface area (Å²) in [4.78, 5) is 23.8. The third-order valence-corrected chi connectivity index (χ3v) is 4.69. The molecule has 0 spiro atoms. The predicted octanol–water partition coefficient (Wildman–Crippen LogP) is 0.646. The van der Waals surface area contributed by atoms with Crippen LogP contribution in [-0.2, 0) is 14.3 Å². The highest BCUT2D eigenvalue weighted by molar-refractivity contribution is 5.87. The lowest BCUT2D eigenvalue weighted by Crippen LogP contribution is -2.57. The Hall–Kier alpha value is -1.14. The van der Waals surface area contributed by atoms with Crippen LogP contribution < -0.4 is 11.1 Å². The molecule has 1 saturated carbocycles. The summed E-state index contributed by atoms with van der Waals surface area (Å²) >= 11 is 0. The monoisotopic (exact) mass is 284 g/mol. The number of carbonyl (C=O) groups excluding carboxylic acids is 1. The van der Waals surface area contributed by atoms with Crippen LogP contribution in [0.15, 0.2) is 0 Å². The first-order valence-corrected chi connectivity index (χ1v) is 7.37. The van der Waals surface area contributed by atoms with E-state index in [1.54, 1.807) is 0 Å². The first-order chi connectivity index (χ1) is 9.49. The van der Waals surface area contributed by atoms with E-state index < -0.39 is 16.9 Å². The molecule has 0 unspecified atom stereocenters. The fourth-order valence-electron chi connectivity index (χ4n) is 3.06. The molecule has 20 heavy (non-hydrogen) atoms. The number of amides is 1. The van der Waals surface area contributed by atoms with E-state index in [1.165, 1.54) is 0 Å². The molecule has 2 rings (SSSR count). The second-order valence-electron chi connectivity index (χ2n) is 6.10. The standard InChI is InChI=1S/C14H24N2O4/c15-14(4-2-1-3-5-14)11(17)16-10-13(12(18)19)6-8-20-9-7-13/h1-10,15H2,(H,16,17)(H,18,19). The predicted molar refractivity (Wildman–Crippen MR) is 73.1 cm³/mol. The van der Waals surface area contributed by atoms with Gasteiger partial charge in [0.15, 0.2) is 0 Å². The van der Waals surface area contributed by atoms with Gasteiger partial charge in [0.2, 0.25) is 5.91 Å². The second kappa shape index (κ2) is 6.10. The van der Waals surface area contributed by atoms with Crippen molar-refractivity contribution in [2.75, 3.05) is 19.8 Å². The van der Waals surface area contributed by atoms with Gasteiger partial charge in [-0.3, -0.25) is 9.59 Å². The molecule has 2 fully saturated rings. The molecule has 0 radical (unpaired) electrons. The number of hydrogen-bond acceptors (Lipinski definition) is 4. The van der Waals surface area contributed by atoms with Gasteiger partial charge < -0.3 is 20.9 Å². The highest BCUT2D eigenvalue weighted by Crippen LogP contribution is 2.31. The van der Waals surface area contributed by atoms with Crippen molar-refractivity contribution in [1.82, 2.24) is 5.32 Å². The number of nitrogens with one attached hydrogen (secondary N) is 1. The Morgan fingerprint density at radius 1 is 1.10 bits per heavy atom. The number of nitrogens with two attached hydrogens (primary N) is 1. The molecule has 0 bridgehead atoms. The van der Waals surface area contributed by atoms with Crippen molar-refractivity contribution in [3.05, 3.63) is 0 Å². The molecule has 0 aromatic heterocycles. The van der Waals surface area contributed by atoms with Gasteiger partial charge in [0, 0.05) is 19.8 Å². The van der Waals surface area contributed by atoms with Crippen LogP contribution in [0.2, 0.25) is 0 Å². The molecule has 1 aliphatic carbocycles. The fraction of sp³-hybridized carbons (Fsp3) is 0.857. The van der Waals surface area contributed by atoms with Gasteiger partial charge in [-0.25, -0.2) is 0 Å². The summed E-state index contributed by atoms with van der Waals surface area (Å²) in [5.74, 6) is -1.07. The SMILES string of the molecule is NC1(C(=O)NCC2(C(=O)O)CCOCC2)CCCCC1. The molecule has 1 heterocycles. The van der Waals surface area contributed by atoms with Crippen LogP contribution in [0.25, 0.3) is 0 Å². The Kier molecular flexibility index (Phi) is 4.65. The third kappa shape index (κ3) is 3.12. The van der Waals surface area contributed by atoms with Gasteiger partial charge in [-0.05, 0) is 25.7 Å². The van der Waals surface area contributed by atoms with Crippen LogP contribution in [0, 0.1) is 5.41 Å². The maximum Gasteiger partial charge on any atom is 0.311 e. The smallest absolute Gasteiger partial charge is 0.311 e. The van der Waals surface area contributed by atoms with Gasteiger partial charge >= 0.3 is 5.97 Å². The molecule has 0 aromatic rings. The molecular formula is C14H24N2O4. The lowest BCUT2D eigenvalue weighted by molar-refractivity contribution is -0.155. The Morgan fingerprint density at radius 3 is 2.25 bits per heavy atom. The van der Waals surface area contributed by atoms with Gasteiger partial charge in [-0.1, -0.05) is 19.3 Å². The summed E-state index contributed by atoms with van der Waals surface area (Å²) in [6.45, 7) is 0.995. The molecule has 4 N–H and O–H groups in total. The zero-order chi connectivity index (χ0) is 14.6. The Morgan fingerprint density at radius 2 is 1.70 bits per heavy atom. The topological polar surface area (TPSA) is 102 Å². The van der Waals surface area contributed by atoms with E-state index in [-0.39, 0.29) is 12.5 Å². The molecule has 1 amide bonds. The lowest BCUT2D eigenvalue weighted by atomic mass is 9.79. The van der Waals surface area contributed by atoms with Crippen molar-refractivity contribution < 1.29 is 19.4 Å². The number of ether oxygens (including phenoxy) is 1. The van der Waals surface area contributed by atoms with Crippen molar-refractivity contribution in [3.8, 4) is 0 Å². The van der Waals surface area contributed by atoms with E-state index >= 15 is 0 Å². The molecule has 0 atom stereocenters. The van der Waals surface area contributed by atoms with Crippen molar-refractivity contribution in [1.29, 1.82) is 0 Å². The number of carbonyl (C=O) groups is 2. The van der Waals surface area contributed by atoms with Gasteiger partial charge in [0.25, 0.3) is 0 Å². The molecule has 114 valence electrons. The minimum atomic E-state index is -0.904. The number of rotatable bonds is 4. The minimum Gasteiger partial charge on any atom is -0.481 e. The van der Waals surface area contributed by atoms with E-state index in [4.69, 9.17) is 10.5 Å². The van der Waals surface area contributed by atoms with Crippen molar-refractivity contribution in [2.24, 2.45) is 11.1 Å². The van der Waals surface area contributed by atoms with E-state index in [9.17, 15) is 14.7 Å². The number of carboxylic acid groups (broad SMARTS) is 1. The molecular weight excluding hydrogens is 260 g/mol. The van der Waals surface area contributed by atoms with Crippen LogP contribution in [0.5, 0.6) is 0 Å². The minimum absolute atomic E-state index is 0.142. The van der Waals surface area contributed by atoms with Crippen LogP contribution in [0.4, 0.5) is 0 Å². The first kappa shape index (κ1) is 15.3. The molecule has 2 aliphatic rings. The molecule has 1 aliphatic heterocycles. The van der Waals surface area contributed by atoms with Gasteiger partial charge in [0.05, 0.1) is 11.0 Å². The number of hydrogen-bond donors (Lipinski definition) is 3. The van der Waals surface area contributed by atoms with Crippen LogP contribution in [-0.4, -0.2) is 42.3 Å². The lowest BCUT2D eigenvalue weighted by Gasteiger charge is -2.36. The van der Waals surface area contributed by atoms with E-state index in [0.717, 1.165) is 19.3 Å². The van der Waals surface area contributed by atoms with Crippen molar-refractivity contribution in [2.45, 2.75) is 50.5 Å². The summed E-state index contributed by atoms with van der Waals surface area (Å²) in [7, 11) is 0. The highest BCUT2D eigenvalue weighted by Gasteiger charge is 2.42. The summed E-state index contributed by atoms with van der Waals surface area (Å²) in [6, 6.07) is 0. The van der Waals surface area contributed by atoms with Crippen LogP contribution in [0.1, 0.15) is 44.9 Å². The Bertz CT molecular complexity index is 371. The largest absolute Gasteiger partial charge is 0.481 e. The van der Waals surface area contributed by atoms with E-state index in [1.807, 2.05) is 0 Å². The number of aliphatic carboxylic acids is 1. The quantitative estimate of drug-likeness (QED) is 0.703. The van der Waals surface area contributed by atoms with Gasteiger partial charge in [-0.15, -0.1) is 0 Å². The Balaban J connectivity index is 1.95. The summed E-state index contributed by atoms with van der Waals surface area (Å²) in [5.41, 5.74) is 4.43. The van der Waals surface area contributed by atoms with E-state index in [2.05, 4.69) is 5.32 Å². The highest BCUT2D eigenvalue weighted by atomic mass is 16.5. The molecule has 6 heteroatoms. The summed E-state index contributed by atoms with van der Waals surface area (Å²) in [5, 5.41) is 12.2. The normalized spacial score (nSPS) is 24.9. The maximum absolute atomic E-state index is 12.3. The average Bonchev–Trinajstić information content (AvgIpc) is 2.46. The average molecular weight is 284 g/mol. The van der Waals surface area contributed by atoms with Crippen molar-refractivity contribution in [3.63, 3.8) is 0 Å². The van der Waals surface area contributed by atoms with E-state index in [0.29, 0.717) is 38.9 Å². The zero-order valence-electron chi connectivity index (χ0n) is 11.8. The van der Waals surface area contributed by atoms with Crippen molar-refractivity contribution >= 4 is 11.9 Å². The third-order valence-electron chi connectivity index (χ3n) is 4.69. The molecule has 1 saturated heterocycles. The summed E-state index contributed by atoms with van der Waals surface area (Å²) < 4.78 is 5.22. The van der Waals surface area contributed by atoms with Gasteiger partial charge in [-0.2, -0.15) is 0 Å². The Labute approximate surface area is 119 Å². The second-order valence-corrected chi connectivity index (χ2v) is 6.10. The first-order valence-electron chi connectivity index (χ1n) is 7.37. The van der Waals surface area contributed by atoms with Crippen LogP contribution in [0.3, 0.4) is 0 Å². The fourth-order valence-corrected chi connectivity index (χ4v) is 3.06. The zero-order valence-corrected chi connectivity index (χ0v) is 11.8. The summed E-state index contributed by atoms with van der Waals surface area (Å²) in [6.07, 6.45) is 5.26.